The molecular weight excluding hydrogens is 297 g/mol. The van der Waals surface area contributed by atoms with Crippen LogP contribution in [-0.2, 0) is 6.54 Å². The average molecular weight is 318 g/mol. The molecule has 1 nitrogen and oxygen atoms in total. The number of nitrogens with zero attached hydrogens (tertiary/aromatic N) is 1. The van der Waals surface area contributed by atoms with Gasteiger partial charge in [-0.05, 0) is 13.8 Å². The first-order valence-electron chi connectivity index (χ1n) is 5.71. The van der Waals surface area contributed by atoms with Crippen LogP contribution in [0.3, 0.4) is 0 Å². The van der Waals surface area contributed by atoms with Crippen LogP contribution in [0.1, 0.15) is 19.4 Å². The van der Waals surface area contributed by atoms with Crippen molar-refractivity contribution in [2.45, 2.75) is 20.4 Å². The highest BCUT2D eigenvalue weighted by molar-refractivity contribution is 14.1. The zero-order chi connectivity index (χ0) is 11.1. The molecule has 0 spiro atoms. The maximum absolute atomic E-state index is 2.49. The van der Waals surface area contributed by atoms with Gasteiger partial charge in [0.1, 0.15) is 6.54 Å². The minimum absolute atomic E-state index is 1.18. The van der Waals surface area contributed by atoms with E-state index in [1.165, 1.54) is 40.7 Å². The molecule has 0 saturated carbocycles. The molecule has 0 unspecified atom stereocenters. The normalized spacial score (nSPS) is 11.7. The molecule has 0 aliphatic carbocycles. The van der Waals surface area contributed by atoms with Crippen LogP contribution in [0.4, 0.5) is 0 Å². The Morgan fingerprint density at radius 3 is 2.13 bits per heavy atom. The summed E-state index contributed by atoms with van der Waals surface area (Å²) in [6.45, 7) is 9.53. The molecule has 0 aliphatic rings. The zero-order valence-corrected chi connectivity index (χ0v) is 11.9. The number of hydrogen-bond donors (Lipinski definition) is 0. The van der Waals surface area contributed by atoms with Crippen LogP contribution in [0, 0.1) is 0 Å². The van der Waals surface area contributed by atoms with Gasteiger partial charge < -0.3 is 4.48 Å². The Morgan fingerprint density at radius 2 is 1.67 bits per heavy atom. The summed E-state index contributed by atoms with van der Waals surface area (Å²) in [6.07, 6.45) is 0. The van der Waals surface area contributed by atoms with Crippen molar-refractivity contribution in [1.82, 2.24) is 0 Å². The van der Waals surface area contributed by atoms with Gasteiger partial charge in [0.05, 0.1) is 19.6 Å². The molecule has 2 heteroatoms. The van der Waals surface area contributed by atoms with E-state index < -0.39 is 0 Å². The lowest BCUT2D eigenvalue weighted by Crippen LogP contribution is -2.48. The third-order valence-corrected chi connectivity index (χ3v) is 3.74. The van der Waals surface area contributed by atoms with E-state index >= 15 is 0 Å². The molecule has 0 fully saturated rings. The van der Waals surface area contributed by atoms with Crippen LogP contribution in [-0.4, -0.2) is 28.5 Å². The van der Waals surface area contributed by atoms with Crippen LogP contribution in [0.5, 0.6) is 0 Å². The fraction of sp³-hybridized carbons (Fsp3) is 0.538. The Kier molecular flexibility index (Phi) is 5.61. The number of hydrogen-bond acceptors (Lipinski definition) is 0. The van der Waals surface area contributed by atoms with Crippen molar-refractivity contribution in [3.8, 4) is 0 Å². The van der Waals surface area contributed by atoms with Crippen LogP contribution < -0.4 is 0 Å². The molecule has 0 aliphatic heterocycles. The topological polar surface area (TPSA) is 0 Å². The molecule has 15 heavy (non-hydrogen) atoms. The summed E-state index contributed by atoms with van der Waals surface area (Å²) in [5.74, 6) is 0. The summed E-state index contributed by atoms with van der Waals surface area (Å²) in [6, 6.07) is 10.9. The van der Waals surface area contributed by atoms with Gasteiger partial charge in [-0.3, -0.25) is 0 Å². The van der Waals surface area contributed by atoms with Crippen LogP contribution in [0.15, 0.2) is 30.3 Å². The molecular formula is C13H21IN+. The molecule has 1 rings (SSSR count). The van der Waals surface area contributed by atoms with Gasteiger partial charge in [0.25, 0.3) is 0 Å². The van der Waals surface area contributed by atoms with Gasteiger partial charge in [-0.15, -0.1) is 0 Å². The Labute approximate surface area is 107 Å². The van der Waals surface area contributed by atoms with Gasteiger partial charge in [-0.2, -0.15) is 0 Å². The third kappa shape index (κ3) is 3.76. The van der Waals surface area contributed by atoms with Gasteiger partial charge in [0, 0.05) is 9.99 Å². The zero-order valence-electron chi connectivity index (χ0n) is 9.75. The molecule has 84 valence electrons. The van der Waals surface area contributed by atoms with Crippen molar-refractivity contribution in [2.24, 2.45) is 0 Å². The highest BCUT2D eigenvalue weighted by Crippen LogP contribution is 2.14. The number of halogens is 1. The van der Waals surface area contributed by atoms with Crippen LogP contribution in [0.25, 0.3) is 0 Å². The van der Waals surface area contributed by atoms with E-state index in [1.807, 2.05) is 0 Å². The second-order valence-corrected chi connectivity index (χ2v) is 5.11. The minimum Gasteiger partial charge on any atom is -0.320 e. The maximum atomic E-state index is 2.49. The van der Waals surface area contributed by atoms with Gasteiger partial charge in [0.15, 0.2) is 0 Å². The van der Waals surface area contributed by atoms with E-state index in [2.05, 4.69) is 66.8 Å². The summed E-state index contributed by atoms with van der Waals surface area (Å²) in [5.41, 5.74) is 1.46. The second kappa shape index (κ2) is 6.48. The Balaban J connectivity index is 2.74. The Hall–Kier alpha value is -0.0900. The molecule has 0 N–H and O–H groups in total. The lowest BCUT2D eigenvalue weighted by Gasteiger charge is -2.36. The molecule has 0 amide bonds. The highest BCUT2D eigenvalue weighted by Gasteiger charge is 2.22. The fourth-order valence-corrected chi connectivity index (χ4v) is 3.02. The average Bonchev–Trinajstić information content (AvgIpc) is 2.30. The molecule has 0 atom stereocenters. The summed E-state index contributed by atoms with van der Waals surface area (Å²) in [7, 11) is 0. The van der Waals surface area contributed by atoms with Crippen LogP contribution in [0.2, 0.25) is 0 Å². The number of alkyl halides is 1. The van der Waals surface area contributed by atoms with Crippen molar-refractivity contribution in [1.29, 1.82) is 0 Å². The van der Waals surface area contributed by atoms with Crippen molar-refractivity contribution < 1.29 is 4.48 Å². The van der Waals surface area contributed by atoms with E-state index in [9.17, 15) is 0 Å². The highest BCUT2D eigenvalue weighted by atomic mass is 127. The predicted octanol–water partition coefficient (Wildman–Crippen LogP) is 3.48. The first-order chi connectivity index (χ1) is 7.26. The third-order valence-electron chi connectivity index (χ3n) is 3.26. The van der Waals surface area contributed by atoms with Gasteiger partial charge in [0.2, 0.25) is 0 Å². The van der Waals surface area contributed by atoms with E-state index in [-0.39, 0.29) is 0 Å². The van der Waals surface area contributed by atoms with Crippen molar-refractivity contribution >= 4 is 22.6 Å². The van der Waals surface area contributed by atoms with Crippen molar-refractivity contribution in [2.75, 3.05) is 24.1 Å². The van der Waals surface area contributed by atoms with Crippen molar-refractivity contribution in [3.63, 3.8) is 0 Å². The SMILES string of the molecule is CC[N+](CC)(CCI)Cc1ccccc1. The number of benzene rings is 1. The smallest absolute Gasteiger partial charge is 0.104 e. The van der Waals surface area contributed by atoms with Gasteiger partial charge in [-0.1, -0.05) is 52.9 Å². The molecule has 0 bridgehead atoms. The minimum atomic E-state index is 1.18. The lowest BCUT2D eigenvalue weighted by molar-refractivity contribution is -0.935. The Bertz CT molecular complexity index is 267. The van der Waals surface area contributed by atoms with E-state index in [4.69, 9.17) is 0 Å². The fourth-order valence-electron chi connectivity index (χ4n) is 1.99. The monoisotopic (exact) mass is 318 g/mol. The quantitative estimate of drug-likeness (QED) is 0.428. The number of rotatable bonds is 6. The second-order valence-electron chi connectivity index (χ2n) is 4.03. The largest absolute Gasteiger partial charge is 0.320 e. The first kappa shape index (κ1) is 13.0. The summed E-state index contributed by atoms with van der Waals surface area (Å²) in [4.78, 5) is 0. The first-order valence-corrected chi connectivity index (χ1v) is 7.24. The lowest BCUT2D eigenvalue weighted by atomic mass is 10.2. The van der Waals surface area contributed by atoms with E-state index in [0.29, 0.717) is 0 Å². The summed E-state index contributed by atoms with van der Waals surface area (Å²) >= 11 is 2.49. The molecule has 0 aromatic heterocycles. The molecule has 1 aromatic carbocycles. The number of quaternary nitrogens is 1. The molecule has 0 radical (unpaired) electrons. The van der Waals surface area contributed by atoms with Gasteiger partial charge in [-0.25, -0.2) is 0 Å². The molecule has 0 saturated heterocycles. The van der Waals surface area contributed by atoms with Gasteiger partial charge >= 0.3 is 0 Å². The standard InChI is InChI=1S/C13H21IN/c1-3-15(4-2,11-10-14)12-13-8-6-5-7-9-13/h5-9H,3-4,10-12H2,1-2H3/q+1. The van der Waals surface area contributed by atoms with E-state index in [0.717, 1.165) is 0 Å². The van der Waals surface area contributed by atoms with Crippen LogP contribution >= 0.6 is 22.6 Å². The van der Waals surface area contributed by atoms with E-state index in [1.54, 1.807) is 0 Å². The Morgan fingerprint density at radius 1 is 1.07 bits per heavy atom. The predicted molar refractivity (Wildman–Crippen MR) is 75.2 cm³/mol. The maximum Gasteiger partial charge on any atom is 0.104 e. The molecule has 0 heterocycles. The summed E-state index contributed by atoms with van der Waals surface area (Å²) in [5, 5.41) is 0. The molecule has 1 aromatic rings. The summed E-state index contributed by atoms with van der Waals surface area (Å²) < 4.78 is 2.46. The van der Waals surface area contributed by atoms with Crippen molar-refractivity contribution in [3.05, 3.63) is 35.9 Å².